The number of carbonyl (C=O) groups excluding carboxylic acids is 1. The van der Waals surface area contributed by atoms with E-state index < -0.39 is 11.6 Å². The third kappa shape index (κ3) is 4.19. The van der Waals surface area contributed by atoms with Crippen molar-refractivity contribution in [3.63, 3.8) is 0 Å². The molecule has 0 saturated heterocycles. The Bertz CT molecular complexity index is 443. The fraction of sp³-hybridized carbons (Fsp3) is 0.500. The quantitative estimate of drug-likeness (QED) is 0.787. The highest BCUT2D eigenvalue weighted by molar-refractivity contribution is 5.89. The van der Waals surface area contributed by atoms with Crippen molar-refractivity contribution in [3.8, 4) is 0 Å². The Hall–Kier alpha value is -1.65. The van der Waals surface area contributed by atoms with Gasteiger partial charge in [-0.1, -0.05) is 25.7 Å². The number of amides is 2. The zero-order valence-corrected chi connectivity index (χ0v) is 10.7. The van der Waals surface area contributed by atoms with Gasteiger partial charge in [-0.3, -0.25) is 0 Å². The summed E-state index contributed by atoms with van der Waals surface area (Å²) in [5.41, 5.74) is 0.255. The summed E-state index contributed by atoms with van der Waals surface area (Å²) in [4.78, 5) is 11.8. The molecule has 1 fully saturated rings. The lowest BCUT2D eigenvalue weighted by Crippen LogP contribution is -2.37. The molecule has 0 aromatic heterocycles. The summed E-state index contributed by atoms with van der Waals surface area (Å²) in [5.74, 6) is -1.89. The van der Waals surface area contributed by atoms with Crippen LogP contribution in [0, 0.1) is 11.6 Å². The van der Waals surface area contributed by atoms with Gasteiger partial charge in [0, 0.05) is 17.8 Å². The smallest absolute Gasteiger partial charge is 0.319 e. The molecule has 0 aliphatic heterocycles. The van der Waals surface area contributed by atoms with Crippen molar-refractivity contribution in [2.24, 2.45) is 0 Å². The topological polar surface area (TPSA) is 41.1 Å². The van der Waals surface area contributed by atoms with Crippen LogP contribution in [0.5, 0.6) is 0 Å². The van der Waals surface area contributed by atoms with E-state index >= 15 is 0 Å². The van der Waals surface area contributed by atoms with E-state index in [1.165, 1.54) is 18.9 Å². The summed E-state index contributed by atoms with van der Waals surface area (Å²) in [6.07, 6.45) is 6.62. The molecule has 2 rings (SSSR count). The van der Waals surface area contributed by atoms with E-state index in [2.05, 4.69) is 10.6 Å². The highest BCUT2D eigenvalue weighted by atomic mass is 19.2. The van der Waals surface area contributed by atoms with Crippen molar-refractivity contribution in [2.75, 3.05) is 5.32 Å². The van der Waals surface area contributed by atoms with Crippen LogP contribution < -0.4 is 10.6 Å². The Morgan fingerprint density at radius 1 is 1.05 bits per heavy atom. The summed E-state index contributed by atoms with van der Waals surface area (Å²) in [5, 5.41) is 5.40. The monoisotopic (exact) mass is 268 g/mol. The van der Waals surface area contributed by atoms with Crippen molar-refractivity contribution in [1.82, 2.24) is 5.32 Å². The van der Waals surface area contributed by atoms with Crippen molar-refractivity contribution >= 4 is 11.7 Å². The SMILES string of the molecule is O=C(Nc1ccc(F)c(F)c1)NC1CCCCCC1. The van der Waals surface area contributed by atoms with Crippen LogP contribution >= 0.6 is 0 Å². The van der Waals surface area contributed by atoms with Crippen LogP contribution in [0.4, 0.5) is 19.3 Å². The molecular formula is C14H18F2N2O. The standard InChI is InChI=1S/C14H18F2N2O/c15-12-8-7-11(9-13(12)16)18-14(19)17-10-5-3-1-2-4-6-10/h7-10H,1-6H2,(H2,17,18,19). The number of urea groups is 1. The minimum atomic E-state index is -0.965. The lowest BCUT2D eigenvalue weighted by Gasteiger charge is -2.16. The molecule has 5 heteroatoms. The molecule has 0 bridgehead atoms. The van der Waals surface area contributed by atoms with E-state index in [-0.39, 0.29) is 17.8 Å². The van der Waals surface area contributed by atoms with Gasteiger partial charge in [-0.25, -0.2) is 13.6 Å². The van der Waals surface area contributed by atoms with Crippen molar-refractivity contribution in [1.29, 1.82) is 0 Å². The third-order valence-corrected chi connectivity index (χ3v) is 3.37. The summed E-state index contributed by atoms with van der Waals surface area (Å²) in [6.45, 7) is 0. The fourth-order valence-corrected chi connectivity index (χ4v) is 2.35. The van der Waals surface area contributed by atoms with Gasteiger partial charge in [-0.05, 0) is 25.0 Å². The minimum Gasteiger partial charge on any atom is -0.335 e. The fourth-order valence-electron chi connectivity index (χ4n) is 2.35. The maximum Gasteiger partial charge on any atom is 0.319 e. The van der Waals surface area contributed by atoms with Gasteiger partial charge in [0.15, 0.2) is 11.6 Å². The predicted molar refractivity (Wildman–Crippen MR) is 70.0 cm³/mol. The zero-order chi connectivity index (χ0) is 13.7. The van der Waals surface area contributed by atoms with E-state index in [0.717, 1.165) is 37.8 Å². The Labute approximate surface area is 111 Å². The number of rotatable bonds is 2. The first-order valence-electron chi connectivity index (χ1n) is 6.68. The summed E-state index contributed by atoms with van der Waals surface area (Å²) in [7, 11) is 0. The van der Waals surface area contributed by atoms with E-state index in [4.69, 9.17) is 0 Å². The van der Waals surface area contributed by atoms with Gasteiger partial charge in [0.2, 0.25) is 0 Å². The van der Waals surface area contributed by atoms with Gasteiger partial charge in [-0.15, -0.1) is 0 Å². The molecule has 0 atom stereocenters. The zero-order valence-electron chi connectivity index (χ0n) is 10.7. The summed E-state index contributed by atoms with van der Waals surface area (Å²) >= 11 is 0. The summed E-state index contributed by atoms with van der Waals surface area (Å²) in [6, 6.07) is 3.12. The first kappa shape index (κ1) is 13.8. The molecule has 2 N–H and O–H groups in total. The maximum absolute atomic E-state index is 13.0. The average Bonchev–Trinajstić information content (AvgIpc) is 2.62. The Balaban J connectivity index is 1.87. The van der Waals surface area contributed by atoms with Gasteiger partial charge in [0.05, 0.1) is 0 Å². The number of hydrogen-bond donors (Lipinski definition) is 2. The average molecular weight is 268 g/mol. The number of benzene rings is 1. The van der Waals surface area contributed by atoms with Crippen LogP contribution in [0.2, 0.25) is 0 Å². The third-order valence-electron chi connectivity index (χ3n) is 3.37. The molecule has 1 saturated carbocycles. The molecule has 19 heavy (non-hydrogen) atoms. The second-order valence-electron chi connectivity index (χ2n) is 4.92. The number of anilines is 1. The summed E-state index contributed by atoms with van der Waals surface area (Å²) < 4.78 is 25.7. The molecule has 0 heterocycles. The van der Waals surface area contributed by atoms with Gasteiger partial charge in [0.25, 0.3) is 0 Å². The van der Waals surface area contributed by atoms with Gasteiger partial charge in [0.1, 0.15) is 0 Å². The molecule has 0 radical (unpaired) electrons. The predicted octanol–water partition coefficient (Wildman–Crippen LogP) is 3.81. The van der Waals surface area contributed by atoms with Gasteiger partial charge in [-0.2, -0.15) is 0 Å². The number of hydrogen-bond acceptors (Lipinski definition) is 1. The molecule has 1 aromatic carbocycles. The van der Waals surface area contributed by atoms with Gasteiger partial charge >= 0.3 is 6.03 Å². The van der Waals surface area contributed by atoms with Crippen molar-refractivity contribution in [2.45, 2.75) is 44.6 Å². The van der Waals surface area contributed by atoms with Crippen LogP contribution in [-0.4, -0.2) is 12.1 Å². The molecule has 3 nitrogen and oxygen atoms in total. The normalized spacial score (nSPS) is 16.7. The van der Waals surface area contributed by atoms with Crippen LogP contribution in [0.25, 0.3) is 0 Å². The second-order valence-corrected chi connectivity index (χ2v) is 4.92. The van der Waals surface area contributed by atoms with E-state index in [0.29, 0.717) is 0 Å². The van der Waals surface area contributed by atoms with Crippen molar-refractivity contribution in [3.05, 3.63) is 29.8 Å². The van der Waals surface area contributed by atoms with E-state index in [1.807, 2.05) is 0 Å². The van der Waals surface area contributed by atoms with Crippen LogP contribution in [-0.2, 0) is 0 Å². The van der Waals surface area contributed by atoms with Crippen LogP contribution in [0.15, 0.2) is 18.2 Å². The molecule has 0 unspecified atom stereocenters. The van der Waals surface area contributed by atoms with Crippen molar-refractivity contribution < 1.29 is 13.6 Å². The highest BCUT2D eigenvalue weighted by Gasteiger charge is 2.14. The number of halogens is 2. The lowest BCUT2D eigenvalue weighted by atomic mass is 10.1. The molecular weight excluding hydrogens is 250 g/mol. The Morgan fingerprint density at radius 3 is 2.37 bits per heavy atom. The Morgan fingerprint density at radius 2 is 1.74 bits per heavy atom. The lowest BCUT2D eigenvalue weighted by molar-refractivity contribution is 0.247. The molecule has 0 spiro atoms. The molecule has 1 aliphatic carbocycles. The van der Waals surface area contributed by atoms with E-state index in [1.54, 1.807) is 0 Å². The minimum absolute atomic E-state index is 0.174. The second kappa shape index (κ2) is 6.50. The molecule has 1 aliphatic rings. The first-order valence-corrected chi connectivity index (χ1v) is 6.68. The number of nitrogens with one attached hydrogen (secondary N) is 2. The molecule has 1 aromatic rings. The maximum atomic E-state index is 13.0. The van der Waals surface area contributed by atoms with Crippen LogP contribution in [0.3, 0.4) is 0 Å². The number of carbonyl (C=O) groups is 1. The molecule has 2 amide bonds. The highest BCUT2D eigenvalue weighted by Crippen LogP contribution is 2.17. The molecule has 104 valence electrons. The van der Waals surface area contributed by atoms with Gasteiger partial charge < -0.3 is 10.6 Å². The van der Waals surface area contributed by atoms with Crippen LogP contribution in [0.1, 0.15) is 38.5 Å². The first-order chi connectivity index (χ1) is 9.15. The van der Waals surface area contributed by atoms with E-state index in [9.17, 15) is 13.6 Å². The Kier molecular flexibility index (Phi) is 4.71. The largest absolute Gasteiger partial charge is 0.335 e.